The first-order chi connectivity index (χ1) is 16.9. The van der Waals surface area contributed by atoms with Crippen LogP contribution in [0, 0.1) is 5.82 Å². The van der Waals surface area contributed by atoms with Gasteiger partial charge in [0.1, 0.15) is 28.5 Å². The Morgan fingerprint density at radius 2 is 1.91 bits per heavy atom. The van der Waals surface area contributed by atoms with E-state index in [1.165, 1.54) is 28.0 Å². The fraction of sp³-hybridized carbons (Fsp3) is 0.192. The first kappa shape index (κ1) is 22.4. The number of carbonyl (C=O) groups excluding carboxylic acids is 2. The highest BCUT2D eigenvalue weighted by molar-refractivity contribution is 6.12. The lowest BCUT2D eigenvalue weighted by molar-refractivity contribution is -0.126. The average Bonchev–Trinajstić information content (AvgIpc) is 3.54. The van der Waals surface area contributed by atoms with E-state index in [0.717, 1.165) is 5.56 Å². The van der Waals surface area contributed by atoms with Crippen molar-refractivity contribution in [1.82, 2.24) is 15.1 Å². The van der Waals surface area contributed by atoms with Crippen LogP contribution >= 0.6 is 0 Å². The summed E-state index contributed by atoms with van der Waals surface area (Å²) >= 11 is 0. The molecule has 2 aromatic carbocycles. The number of ether oxygens (including phenoxy) is 1. The van der Waals surface area contributed by atoms with Crippen LogP contribution in [0.25, 0.3) is 11.5 Å². The number of nitrogens with one attached hydrogen (secondary N) is 1. The van der Waals surface area contributed by atoms with Crippen molar-refractivity contribution in [3.05, 3.63) is 90.1 Å². The van der Waals surface area contributed by atoms with Gasteiger partial charge in [-0.05, 0) is 61.0 Å². The number of nitrogens with zero attached hydrogens (tertiary/aromatic N) is 3. The van der Waals surface area contributed by atoms with Crippen LogP contribution in [0.1, 0.15) is 23.0 Å². The maximum Gasteiger partial charge on any atom is 0.277 e. The van der Waals surface area contributed by atoms with E-state index in [1.54, 1.807) is 68.6 Å². The molecule has 0 bridgehead atoms. The maximum absolute atomic E-state index is 13.8. The van der Waals surface area contributed by atoms with Crippen LogP contribution < -0.4 is 15.0 Å². The van der Waals surface area contributed by atoms with Gasteiger partial charge in [-0.15, -0.1) is 0 Å². The molecule has 35 heavy (non-hydrogen) atoms. The summed E-state index contributed by atoms with van der Waals surface area (Å²) in [5.74, 6) is 0.0657. The molecule has 2 amide bonds. The van der Waals surface area contributed by atoms with Crippen molar-refractivity contribution in [3.63, 3.8) is 0 Å². The summed E-state index contributed by atoms with van der Waals surface area (Å²) in [6, 6.07) is 18.0. The van der Waals surface area contributed by atoms with Crippen LogP contribution in [0.3, 0.4) is 0 Å². The third kappa shape index (κ3) is 4.05. The minimum Gasteiger partial charge on any atom is -0.497 e. The molecule has 0 spiro atoms. The summed E-state index contributed by atoms with van der Waals surface area (Å²) in [6.45, 7) is 2.01. The number of amides is 2. The summed E-state index contributed by atoms with van der Waals surface area (Å²) in [6.07, 6.45) is 1.53. The number of fused-ring (bicyclic) bond motifs is 1. The summed E-state index contributed by atoms with van der Waals surface area (Å²) in [5.41, 5.74) is 0.828. The Morgan fingerprint density at radius 3 is 2.57 bits per heavy atom. The second-order valence-electron chi connectivity index (χ2n) is 8.47. The van der Waals surface area contributed by atoms with Crippen molar-refractivity contribution >= 4 is 17.5 Å². The van der Waals surface area contributed by atoms with E-state index in [0.29, 0.717) is 28.6 Å². The predicted molar refractivity (Wildman–Crippen MR) is 126 cm³/mol. The molecule has 1 unspecified atom stereocenters. The average molecular weight is 474 g/mol. The highest BCUT2D eigenvalue weighted by atomic mass is 19.1. The van der Waals surface area contributed by atoms with E-state index < -0.39 is 5.54 Å². The van der Waals surface area contributed by atoms with Gasteiger partial charge >= 0.3 is 0 Å². The molecular formula is C26H23FN4O4. The molecule has 1 atom stereocenters. The van der Waals surface area contributed by atoms with Gasteiger partial charge in [0.2, 0.25) is 5.91 Å². The number of methoxy groups -OCH3 is 1. The maximum atomic E-state index is 13.8. The third-order valence-electron chi connectivity index (χ3n) is 6.11. The molecule has 0 radical (unpaired) electrons. The number of hydrogen-bond donors (Lipinski definition) is 1. The Bertz CT molecular complexity index is 1360. The van der Waals surface area contributed by atoms with Gasteiger partial charge in [0, 0.05) is 18.3 Å². The van der Waals surface area contributed by atoms with Gasteiger partial charge in [-0.2, -0.15) is 5.10 Å². The molecule has 0 saturated carbocycles. The monoisotopic (exact) mass is 474 g/mol. The topological polar surface area (TPSA) is 89.6 Å². The molecule has 3 heterocycles. The van der Waals surface area contributed by atoms with Gasteiger partial charge in [0.05, 0.1) is 19.9 Å². The standard InChI is InChI=1S/C26H23FN4O4/c1-26(25(33)28-15-17-5-7-18(27)8-6-17)16-30-22(14-21(29-30)23-4-3-13-35-23)24(32)31(26)19-9-11-20(34-2)12-10-19/h3-14H,15-16H2,1-2H3,(H,28,33). The largest absolute Gasteiger partial charge is 0.497 e. The first-order valence-corrected chi connectivity index (χ1v) is 11.0. The Kier molecular flexibility index (Phi) is 5.60. The van der Waals surface area contributed by atoms with Crippen LogP contribution in [0.5, 0.6) is 5.75 Å². The Labute approximate surface area is 200 Å². The molecule has 178 valence electrons. The molecule has 4 aromatic rings. The number of benzene rings is 2. The van der Waals surface area contributed by atoms with Crippen molar-refractivity contribution in [2.75, 3.05) is 12.0 Å². The van der Waals surface area contributed by atoms with E-state index in [4.69, 9.17) is 9.15 Å². The second kappa shape index (κ2) is 8.75. The quantitative estimate of drug-likeness (QED) is 0.456. The molecule has 1 N–H and O–H groups in total. The van der Waals surface area contributed by atoms with Crippen LogP contribution in [-0.2, 0) is 17.9 Å². The number of hydrogen-bond acceptors (Lipinski definition) is 5. The number of carbonyl (C=O) groups is 2. The number of halogens is 1. The number of furan rings is 1. The van der Waals surface area contributed by atoms with Crippen molar-refractivity contribution in [3.8, 4) is 17.2 Å². The molecular weight excluding hydrogens is 451 g/mol. The highest BCUT2D eigenvalue weighted by Gasteiger charge is 2.49. The lowest BCUT2D eigenvalue weighted by Gasteiger charge is -2.43. The molecule has 1 aliphatic rings. The van der Waals surface area contributed by atoms with Gasteiger partial charge in [-0.25, -0.2) is 4.39 Å². The zero-order valence-corrected chi connectivity index (χ0v) is 19.2. The van der Waals surface area contributed by atoms with Crippen LogP contribution in [0.15, 0.2) is 77.4 Å². The molecule has 0 fully saturated rings. The Balaban J connectivity index is 1.52. The highest BCUT2D eigenvalue weighted by Crippen LogP contribution is 2.35. The van der Waals surface area contributed by atoms with E-state index in [1.807, 2.05) is 0 Å². The van der Waals surface area contributed by atoms with Crippen LogP contribution in [0.2, 0.25) is 0 Å². The lowest BCUT2D eigenvalue weighted by Crippen LogP contribution is -2.64. The first-order valence-electron chi connectivity index (χ1n) is 11.0. The van der Waals surface area contributed by atoms with Gasteiger partial charge in [0.25, 0.3) is 5.91 Å². The van der Waals surface area contributed by atoms with Crippen molar-refractivity contribution in [1.29, 1.82) is 0 Å². The number of rotatable bonds is 6. The number of anilines is 1. The molecule has 8 nitrogen and oxygen atoms in total. The van der Waals surface area contributed by atoms with E-state index in [2.05, 4.69) is 10.4 Å². The van der Waals surface area contributed by atoms with Crippen molar-refractivity contribution < 1.29 is 23.1 Å². The van der Waals surface area contributed by atoms with Gasteiger partial charge in [-0.1, -0.05) is 12.1 Å². The predicted octanol–water partition coefficient (Wildman–Crippen LogP) is 4.03. The fourth-order valence-electron chi connectivity index (χ4n) is 4.24. The SMILES string of the molecule is COc1ccc(N2C(=O)c3cc(-c4ccco4)nn3CC2(C)C(=O)NCc2ccc(F)cc2)cc1. The van der Waals surface area contributed by atoms with E-state index in [9.17, 15) is 14.0 Å². The molecule has 5 rings (SSSR count). The molecule has 2 aromatic heterocycles. The number of aromatic nitrogens is 2. The minimum absolute atomic E-state index is 0.121. The van der Waals surface area contributed by atoms with Crippen LogP contribution in [-0.4, -0.2) is 34.2 Å². The van der Waals surface area contributed by atoms with E-state index >= 15 is 0 Å². The smallest absolute Gasteiger partial charge is 0.277 e. The molecule has 0 saturated heterocycles. The van der Waals surface area contributed by atoms with E-state index in [-0.39, 0.29) is 30.7 Å². The summed E-state index contributed by atoms with van der Waals surface area (Å²) in [5, 5.41) is 7.44. The zero-order valence-electron chi connectivity index (χ0n) is 19.2. The van der Waals surface area contributed by atoms with Gasteiger partial charge < -0.3 is 14.5 Å². The zero-order chi connectivity index (χ0) is 24.6. The Hall–Kier alpha value is -4.40. The third-order valence-corrected chi connectivity index (χ3v) is 6.11. The van der Waals surface area contributed by atoms with Crippen molar-refractivity contribution in [2.45, 2.75) is 25.6 Å². The van der Waals surface area contributed by atoms with Crippen molar-refractivity contribution in [2.24, 2.45) is 0 Å². The second-order valence-corrected chi connectivity index (χ2v) is 8.47. The van der Waals surface area contributed by atoms with Gasteiger partial charge in [-0.3, -0.25) is 19.2 Å². The Morgan fingerprint density at radius 1 is 1.17 bits per heavy atom. The molecule has 1 aliphatic heterocycles. The molecule has 0 aliphatic carbocycles. The fourth-order valence-corrected chi connectivity index (χ4v) is 4.24. The summed E-state index contributed by atoms with van der Waals surface area (Å²) in [4.78, 5) is 28.8. The molecule has 9 heteroatoms. The van der Waals surface area contributed by atoms with Crippen LogP contribution in [0.4, 0.5) is 10.1 Å². The van der Waals surface area contributed by atoms with Gasteiger partial charge in [0.15, 0.2) is 5.76 Å². The normalized spacial score (nSPS) is 17.2. The lowest BCUT2D eigenvalue weighted by atomic mass is 9.93. The summed E-state index contributed by atoms with van der Waals surface area (Å²) < 4.78 is 25.5. The summed E-state index contributed by atoms with van der Waals surface area (Å²) in [7, 11) is 1.56. The minimum atomic E-state index is -1.30.